The molecule has 5 nitrogen and oxygen atoms in total. The van der Waals surface area contributed by atoms with E-state index in [0.29, 0.717) is 16.9 Å². The minimum absolute atomic E-state index is 0.252. The van der Waals surface area contributed by atoms with Gasteiger partial charge in [0.1, 0.15) is 5.82 Å². The van der Waals surface area contributed by atoms with Gasteiger partial charge in [-0.05, 0) is 86.0 Å². The number of piperidine rings is 1. The third-order valence-electron chi connectivity index (χ3n) is 6.92. The van der Waals surface area contributed by atoms with E-state index in [0.717, 1.165) is 23.5 Å². The topological polar surface area (TPSA) is 78.0 Å². The minimum atomic E-state index is -0.949. The molecular weight excluding hydrogens is 422 g/mol. The summed E-state index contributed by atoms with van der Waals surface area (Å²) in [6.45, 7) is 4.23. The van der Waals surface area contributed by atoms with Crippen LogP contribution in [0.2, 0.25) is 0 Å². The van der Waals surface area contributed by atoms with Gasteiger partial charge >= 0.3 is 5.97 Å². The minimum Gasteiger partial charge on any atom is -0.478 e. The lowest BCUT2D eigenvalue weighted by Crippen LogP contribution is -2.27. The van der Waals surface area contributed by atoms with Crippen LogP contribution in [0.3, 0.4) is 0 Å². The van der Waals surface area contributed by atoms with E-state index in [9.17, 15) is 9.90 Å². The quantitative estimate of drug-likeness (QED) is 0.310. The molecule has 0 aliphatic carbocycles. The standard InChI is InChI=1S/C29H31N3O2/c1-19-16-25(29(33)34)27-26(17-19)31-28(32-27)23-10-8-22(9-11-23)24-7-3-6-21(18-24)5-2-4-20-12-14-30-15-13-20/h3,6-11,16-18,20,30H,2,4-5,12-15H2,1H3,(H,31,32)(H,33,34). The Balaban J connectivity index is 1.31. The summed E-state index contributed by atoms with van der Waals surface area (Å²) in [7, 11) is 0. The van der Waals surface area contributed by atoms with Gasteiger partial charge in [-0.15, -0.1) is 0 Å². The van der Waals surface area contributed by atoms with Crippen molar-refractivity contribution in [1.29, 1.82) is 0 Å². The fraction of sp³-hybridized carbons (Fsp3) is 0.310. The van der Waals surface area contributed by atoms with Crippen LogP contribution in [0.1, 0.15) is 47.2 Å². The van der Waals surface area contributed by atoms with Gasteiger partial charge in [0.05, 0.1) is 16.6 Å². The number of nitrogens with zero attached hydrogens (tertiary/aromatic N) is 1. The summed E-state index contributed by atoms with van der Waals surface area (Å²) in [5.41, 5.74) is 7.09. The zero-order valence-electron chi connectivity index (χ0n) is 19.6. The number of carboxylic acids is 1. The second kappa shape index (κ2) is 9.82. The zero-order chi connectivity index (χ0) is 23.5. The number of hydrogen-bond donors (Lipinski definition) is 3. The normalized spacial score (nSPS) is 14.5. The average Bonchev–Trinajstić information content (AvgIpc) is 3.28. The number of nitrogens with one attached hydrogen (secondary N) is 2. The van der Waals surface area contributed by atoms with Crippen molar-refractivity contribution in [2.24, 2.45) is 5.92 Å². The smallest absolute Gasteiger partial charge is 0.337 e. The molecule has 1 aliphatic heterocycles. The van der Waals surface area contributed by atoms with Crippen molar-refractivity contribution in [1.82, 2.24) is 15.3 Å². The van der Waals surface area contributed by atoms with Crippen molar-refractivity contribution in [2.75, 3.05) is 13.1 Å². The highest BCUT2D eigenvalue weighted by Gasteiger charge is 2.15. The zero-order valence-corrected chi connectivity index (χ0v) is 19.6. The number of carbonyl (C=O) groups is 1. The number of hydrogen-bond acceptors (Lipinski definition) is 3. The van der Waals surface area contributed by atoms with Crippen LogP contribution >= 0.6 is 0 Å². The molecule has 2 heterocycles. The van der Waals surface area contributed by atoms with Gasteiger partial charge in [-0.2, -0.15) is 0 Å². The Morgan fingerprint density at radius 3 is 2.53 bits per heavy atom. The van der Waals surface area contributed by atoms with Crippen LogP contribution in [0.5, 0.6) is 0 Å². The Morgan fingerprint density at radius 2 is 1.76 bits per heavy atom. The van der Waals surface area contributed by atoms with Gasteiger partial charge in [0.15, 0.2) is 0 Å². The SMILES string of the molecule is Cc1cc(C(=O)O)c2[nH]c(-c3ccc(-c4cccc(CCCC5CCNCC5)c4)cc3)nc2c1. The van der Waals surface area contributed by atoms with Gasteiger partial charge in [-0.25, -0.2) is 9.78 Å². The van der Waals surface area contributed by atoms with E-state index < -0.39 is 5.97 Å². The van der Waals surface area contributed by atoms with Crippen molar-refractivity contribution in [2.45, 2.75) is 39.0 Å². The number of benzene rings is 3. The molecule has 174 valence electrons. The van der Waals surface area contributed by atoms with Gasteiger partial charge in [-0.1, -0.05) is 55.0 Å². The van der Waals surface area contributed by atoms with E-state index in [4.69, 9.17) is 0 Å². The Labute approximate surface area is 200 Å². The third kappa shape index (κ3) is 4.90. The summed E-state index contributed by atoms with van der Waals surface area (Å²) in [4.78, 5) is 19.5. The first-order chi connectivity index (χ1) is 16.6. The van der Waals surface area contributed by atoms with Crippen LogP contribution in [0.4, 0.5) is 0 Å². The Bertz CT molecular complexity index is 1300. The second-order valence-electron chi connectivity index (χ2n) is 9.46. The number of fused-ring (bicyclic) bond motifs is 1. The van der Waals surface area contributed by atoms with Crippen molar-refractivity contribution in [3.05, 3.63) is 77.4 Å². The van der Waals surface area contributed by atoms with Gasteiger partial charge < -0.3 is 15.4 Å². The van der Waals surface area contributed by atoms with Gasteiger partial charge in [0, 0.05) is 5.56 Å². The largest absolute Gasteiger partial charge is 0.478 e. The van der Waals surface area contributed by atoms with Gasteiger partial charge in [-0.3, -0.25) is 0 Å². The first-order valence-electron chi connectivity index (χ1n) is 12.2. The lowest BCUT2D eigenvalue weighted by atomic mass is 9.91. The van der Waals surface area contributed by atoms with E-state index >= 15 is 0 Å². The van der Waals surface area contributed by atoms with Crippen molar-refractivity contribution in [3.63, 3.8) is 0 Å². The Kier molecular flexibility index (Phi) is 6.45. The lowest BCUT2D eigenvalue weighted by molar-refractivity contribution is 0.0698. The highest BCUT2D eigenvalue weighted by Crippen LogP contribution is 2.28. The maximum Gasteiger partial charge on any atom is 0.337 e. The van der Waals surface area contributed by atoms with Crippen LogP contribution in [0.15, 0.2) is 60.7 Å². The van der Waals surface area contributed by atoms with Crippen molar-refractivity contribution in [3.8, 4) is 22.5 Å². The molecule has 1 aliphatic rings. The monoisotopic (exact) mass is 453 g/mol. The van der Waals surface area contributed by atoms with Gasteiger partial charge in [0.25, 0.3) is 0 Å². The number of aromatic amines is 1. The fourth-order valence-electron chi connectivity index (χ4n) is 5.05. The number of carboxylic acid groups (broad SMARTS) is 1. The number of aryl methyl sites for hydroxylation is 2. The van der Waals surface area contributed by atoms with Crippen LogP contribution in [0, 0.1) is 12.8 Å². The summed E-state index contributed by atoms with van der Waals surface area (Å²) in [6.07, 6.45) is 6.32. The molecule has 3 aromatic carbocycles. The number of rotatable bonds is 7. The maximum atomic E-state index is 11.6. The van der Waals surface area contributed by atoms with E-state index in [-0.39, 0.29) is 5.56 Å². The van der Waals surface area contributed by atoms with E-state index in [1.165, 1.54) is 55.5 Å². The molecule has 0 unspecified atom stereocenters. The summed E-state index contributed by atoms with van der Waals surface area (Å²) < 4.78 is 0. The van der Waals surface area contributed by atoms with E-state index in [1.54, 1.807) is 6.07 Å². The Hall–Kier alpha value is -3.44. The lowest BCUT2D eigenvalue weighted by Gasteiger charge is -2.22. The first-order valence-corrected chi connectivity index (χ1v) is 12.2. The number of aromatic nitrogens is 2. The van der Waals surface area contributed by atoms with Crippen LogP contribution < -0.4 is 5.32 Å². The fourth-order valence-corrected chi connectivity index (χ4v) is 5.05. The summed E-state index contributed by atoms with van der Waals surface area (Å²) in [5, 5.41) is 13.0. The molecule has 1 fully saturated rings. The summed E-state index contributed by atoms with van der Waals surface area (Å²) >= 11 is 0. The van der Waals surface area contributed by atoms with Crippen molar-refractivity contribution >= 4 is 17.0 Å². The predicted molar refractivity (Wildman–Crippen MR) is 137 cm³/mol. The van der Waals surface area contributed by atoms with Crippen LogP contribution in [-0.2, 0) is 6.42 Å². The molecule has 1 aromatic heterocycles. The molecule has 3 N–H and O–H groups in total. The first kappa shape index (κ1) is 22.4. The molecule has 0 spiro atoms. The number of H-pyrrole nitrogens is 1. The maximum absolute atomic E-state index is 11.6. The molecule has 0 bridgehead atoms. The molecule has 5 heteroatoms. The van der Waals surface area contributed by atoms with E-state index in [2.05, 4.69) is 51.7 Å². The molecule has 4 aromatic rings. The molecule has 0 saturated carbocycles. The predicted octanol–water partition coefficient (Wildman–Crippen LogP) is 6.23. The second-order valence-corrected chi connectivity index (χ2v) is 9.46. The molecule has 0 atom stereocenters. The molecular formula is C29H31N3O2. The summed E-state index contributed by atoms with van der Waals surface area (Å²) in [5.74, 6) is 0.613. The number of aromatic carboxylic acids is 1. The third-order valence-corrected chi connectivity index (χ3v) is 6.92. The average molecular weight is 454 g/mol. The van der Waals surface area contributed by atoms with Crippen molar-refractivity contribution < 1.29 is 9.90 Å². The van der Waals surface area contributed by atoms with Crippen LogP contribution in [0.25, 0.3) is 33.5 Å². The molecule has 1 saturated heterocycles. The molecule has 0 radical (unpaired) electrons. The Morgan fingerprint density at radius 1 is 1.00 bits per heavy atom. The van der Waals surface area contributed by atoms with E-state index in [1.807, 2.05) is 25.1 Å². The summed E-state index contributed by atoms with van der Waals surface area (Å²) in [6, 6.07) is 20.7. The molecule has 34 heavy (non-hydrogen) atoms. The molecule has 0 amide bonds. The highest BCUT2D eigenvalue weighted by molar-refractivity contribution is 6.02. The number of imidazole rings is 1. The van der Waals surface area contributed by atoms with Gasteiger partial charge in [0.2, 0.25) is 0 Å². The van der Waals surface area contributed by atoms with Crippen LogP contribution in [-0.4, -0.2) is 34.1 Å². The molecule has 5 rings (SSSR count). The highest BCUT2D eigenvalue weighted by atomic mass is 16.4.